The van der Waals surface area contributed by atoms with Gasteiger partial charge in [-0.1, -0.05) is 6.07 Å². The number of rotatable bonds is 3. The minimum Gasteiger partial charge on any atom is -0.338 e. The number of aromatic nitrogens is 5. The molecular weight excluding hydrogens is 350 g/mol. The lowest BCUT2D eigenvalue weighted by atomic mass is 10.0. The van der Waals surface area contributed by atoms with Crippen LogP contribution in [0.2, 0.25) is 0 Å². The van der Waals surface area contributed by atoms with Crippen LogP contribution >= 0.6 is 11.3 Å². The monoisotopic (exact) mass is 363 g/mol. The molecule has 0 aliphatic carbocycles. The third-order valence-corrected chi connectivity index (χ3v) is 4.82. The van der Waals surface area contributed by atoms with E-state index in [1.54, 1.807) is 11.7 Å². The van der Waals surface area contributed by atoms with Crippen LogP contribution in [0.1, 0.15) is 12.0 Å². The maximum Gasteiger partial charge on any atom is 0.224 e. The SMILES string of the molecule is O=C1CCc2ccc(Nc3nc(-c4cscn4)nc4cn[nH]c34)cc2N1. The molecule has 0 bridgehead atoms. The Hall–Kier alpha value is -3.33. The molecule has 0 saturated carbocycles. The molecule has 5 rings (SSSR count). The van der Waals surface area contributed by atoms with Crippen molar-refractivity contribution >= 4 is 45.5 Å². The second-order valence-corrected chi connectivity index (χ2v) is 6.66. The number of carbonyl (C=O) groups is 1. The van der Waals surface area contributed by atoms with E-state index in [0.717, 1.165) is 29.1 Å². The van der Waals surface area contributed by atoms with Crippen LogP contribution in [-0.2, 0) is 11.2 Å². The van der Waals surface area contributed by atoms with E-state index in [4.69, 9.17) is 0 Å². The third kappa shape index (κ3) is 2.58. The van der Waals surface area contributed by atoms with Crippen molar-refractivity contribution in [2.45, 2.75) is 12.8 Å². The molecule has 1 aromatic carbocycles. The predicted octanol–water partition coefficient (Wildman–Crippen LogP) is 3.10. The molecule has 3 aromatic heterocycles. The summed E-state index contributed by atoms with van der Waals surface area (Å²) >= 11 is 1.49. The Balaban J connectivity index is 1.56. The molecule has 4 aromatic rings. The summed E-state index contributed by atoms with van der Waals surface area (Å²) in [5.74, 6) is 1.19. The number of hydrogen-bond acceptors (Lipinski definition) is 7. The standard InChI is InChI=1S/C17H13N7OS/c25-14-4-2-9-1-3-10(5-11(9)21-14)20-17-15-12(6-19-24-15)22-16(23-17)13-7-26-8-18-13/h1,3,5-8H,2,4H2,(H,19,24)(H,21,25)(H,20,22,23). The highest BCUT2D eigenvalue weighted by Crippen LogP contribution is 2.30. The Labute approximate surface area is 151 Å². The molecule has 8 nitrogen and oxygen atoms in total. The summed E-state index contributed by atoms with van der Waals surface area (Å²) in [6, 6.07) is 5.91. The van der Waals surface area contributed by atoms with Crippen LogP contribution < -0.4 is 10.6 Å². The summed E-state index contributed by atoms with van der Waals surface area (Å²) in [5.41, 5.74) is 6.68. The molecule has 1 aliphatic heterocycles. The zero-order valence-corrected chi connectivity index (χ0v) is 14.3. The summed E-state index contributed by atoms with van der Waals surface area (Å²) in [5, 5.41) is 15.1. The molecule has 0 fully saturated rings. The van der Waals surface area contributed by atoms with Crippen LogP contribution in [0.3, 0.4) is 0 Å². The number of nitrogens with one attached hydrogen (secondary N) is 3. The van der Waals surface area contributed by atoms with Gasteiger partial charge in [0.15, 0.2) is 11.6 Å². The number of H-pyrrole nitrogens is 1. The fourth-order valence-electron chi connectivity index (χ4n) is 2.95. The van der Waals surface area contributed by atoms with E-state index >= 15 is 0 Å². The number of carbonyl (C=O) groups excluding carboxylic acids is 1. The van der Waals surface area contributed by atoms with Crippen LogP contribution in [0.25, 0.3) is 22.6 Å². The first-order valence-electron chi connectivity index (χ1n) is 8.06. The number of aryl methyl sites for hydroxylation is 1. The van der Waals surface area contributed by atoms with Gasteiger partial charge in [-0.15, -0.1) is 11.3 Å². The van der Waals surface area contributed by atoms with Crippen molar-refractivity contribution in [3.05, 3.63) is 40.8 Å². The quantitative estimate of drug-likeness (QED) is 0.516. The first kappa shape index (κ1) is 15.0. The predicted molar refractivity (Wildman–Crippen MR) is 99.5 cm³/mol. The fraction of sp³-hybridized carbons (Fsp3) is 0.118. The molecule has 0 spiro atoms. The second kappa shape index (κ2) is 5.88. The molecule has 0 atom stereocenters. The zero-order valence-electron chi connectivity index (χ0n) is 13.5. The second-order valence-electron chi connectivity index (χ2n) is 5.94. The van der Waals surface area contributed by atoms with Gasteiger partial charge in [0.25, 0.3) is 0 Å². The van der Waals surface area contributed by atoms with Crippen molar-refractivity contribution in [3.8, 4) is 11.5 Å². The molecule has 1 amide bonds. The zero-order chi connectivity index (χ0) is 17.5. The van der Waals surface area contributed by atoms with E-state index in [2.05, 4.69) is 35.8 Å². The summed E-state index contributed by atoms with van der Waals surface area (Å²) in [4.78, 5) is 25.0. The van der Waals surface area contributed by atoms with Gasteiger partial charge in [0.1, 0.15) is 16.7 Å². The normalized spacial score (nSPS) is 13.5. The number of hydrogen-bond donors (Lipinski definition) is 3. The molecule has 3 N–H and O–H groups in total. The molecule has 0 saturated heterocycles. The van der Waals surface area contributed by atoms with Crippen molar-refractivity contribution in [2.75, 3.05) is 10.6 Å². The summed E-state index contributed by atoms with van der Waals surface area (Å²) in [6.07, 6.45) is 2.94. The maximum atomic E-state index is 11.6. The molecular formula is C17H13N7OS. The lowest BCUT2D eigenvalue weighted by Crippen LogP contribution is -2.18. The van der Waals surface area contributed by atoms with Gasteiger partial charge in [-0.05, 0) is 24.1 Å². The average Bonchev–Trinajstić information content (AvgIpc) is 3.33. The van der Waals surface area contributed by atoms with Gasteiger partial charge >= 0.3 is 0 Å². The van der Waals surface area contributed by atoms with Crippen molar-refractivity contribution < 1.29 is 4.79 Å². The Morgan fingerprint density at radius 3 is 3.04 bits per heavy atom. The van der Waals surface area contributed by atoms with Gasteiger partial charge < -0.3 is 10.6 Å². The highest BCUT2D eigenvalue weighted by molar-refractivity contribution is 7.07. The molecule has 26 heavy (non-hydrogen) atoms. The van der Waals surface area contributed by atoms with Gasteiger partial charge in [0.2, 0.25) is 5.91 Å². The van der Waals surface area contributed by atoms with Gasteiger partial charge in [0, 0.05) is 23.2 Å². The average molecular weight is 363 g/mol. The van der Waals surface area contributed by atoms with Crippen LogP contribution in [-0.4, -0.2) is 31.1 Å². The number of benzene rings is 1. The first-order valence-corrected chi connectivity index (χ1v) is 9.00. The minimum absolute atomic E-state index is 0.0402. The Bertz CT molecular complexity index is 1120. The van der Waals surface area contributed by atoms with Gasteiger partial charge in [-0.2, -0.15) is 5.10 Å². The number of fused-ring (bicyclic) bond motifs is 2. The maximum absolute atomic E-state index is 11.6. The Morgan fingerprint density at radius 1 is 1.19 bits per heavy atom. The molecule has 128 valence electrons. The number of amides is 1. The Kier molecular flexibility index (Phi) is 3.39. The van der Waals surface area contributed by atoms with E-state index in [1.165, 1.54) is 11.3 Å². The Morgan fingerprint density at radius 2 is 2.15 bits per heavy atom. The number of thiazole rings is 1. The number of aromatic amines is 1. The van der Waals surface area contributed by atoms with Crippen molar-refractivity contribution in [1.82, 2.24) is 25.1 Å². The molecule has 0 radical (unpaired) electrons. The van der Waals surface area contributed by atoms with E-state index in [9.17, 15) is 4.79 Å². The lowest BCUT2D eigenvalue weighted by molar-refractivity contribution is -0.116. The summed E-state index contributed by atoms with van der Waals surface area (Å²) in [7, 11) is 0. The van der Waals surface area contributed by atoms with Crippen LogP contribution in [0, 0.1) is 0 Å². The van der Waals surface area contributed by atoms with E-state index < -0.39 is 0 Å². The van der Waals surface area contributed by atoms with E-state index in [1.807, 2.05) is 23.6 Å². The largest absolute Gasteiger partial charge is 0.338 e. The van der Waals surface area contributed by atoms with Crippen LogP contribution in [0.15, 0.2) is 35.3 Å². The van der Waals surface area contributed by atoms with Gasteiger partial charge in [-0.3, -0.25) is 9.89 Å². The van der Waals surface area contributed by atoms with Crippen molar-refractivity contribution in [3.63, 3.8) is 0 Å². The lowest BCUT2D eigenvalue weighted by Gasteiger charge is -2.18. The van der Waals surface area contributed by atoms with E-state index in [-0.39, 0.29) is 5.91 Å². The van der Waals surface area contributed by atoms with Gasteiger partial charge in [-0.25, -0.2) is 15.0 Å². The third-order valence-electron chi connectivity index (χ3n) is 4.23. The van der Waals surface area contributed by atoms with Crippen molar-refractivity contribution in [1.29, 1.82) is 0 Å². The smallest absolute Gasteiger partial charge is 0.224 e. The summed E-state index contributed by atoms with van der Waals surface area (Å²) in [6.45, 7) is 0. The van der Waals surface area contributed by atoms with Crippen LogP contribution in [0.5, 0.6) is 0 Å². The van der Waals surface area contributed by atoms with Crippen molar-refractivity contribution in [2.24, 2.45) is 0 Å². The number of nitrogens with zero attached hydrogens (tertiary/aromatic N) is 4. The molecule has 1 aliphatic rings. The molecule has 0 unspecified atom stereocenters. The fourth-order valence-corrected chi connectivity index (χ4v) is 3.48. The van der Waals surface area contributed by atoms with Crippen LogP contribution in [0.4, 0.5) is 17.2 Å². The minimum atomic E-state index is 0.0402. The van der Waals surface area contributed by atoms with E-state index in [0.29, 0.717) is 29.1 Å². The number of anilines is 3. The highest BCUT2D eigenvalue weighted by atomic mass is 32.1. The topological polar surface area (TPSA) is 108 Å². The summed E-state index contributed by atoms with van der Waals surface area (Å²) < 4.78 is 0. The first-order chi connectivity index (χ1) is 12.8. The molecule has 9 heteroatoms. The van der Waals surface area contributed by atoms with Gasteiger partial charge in [0.05, 0.1) is 11.7 Å². The highest BCUT2D eigenvalue weighted by Gasteiger charge is 2.16. The molecule has 4 heterocycles.